The van der Waals surface area contributed by atoms with Crippen molar-refractivity contribution in [3.8, 4) is 17.2 Å². The fourth-order valence-corrected chi connectivity index (χ4v) is 2.24. The zero-order valence-electron chi connectivity index (χ0n) is 10.4. The second-order valence-corrected chi connectivity index (χ2v) is 4.90. The summed E-state index contributed by atoms with van der Waals surface area (Å²) in [5.74, 6) is 1.08. The first kappa shape index (κ1) is 15.4. The van der Waals surface area contributed by atoms with Crippen LogP contribution in [0.15, 0.2) is 42.5 Å². The lowest BCUT2D eigenvalue weighted by Gasteiger charge is -2.07. The van der Waals surface area contributed by atoms with E-state index in [1.807, 2.05) is 19.1 Å². The van der Waals surface area contributed by atoms with E-state index in [0.29, 0.717) is 22.8 Å². The summed E-state index contributed by atoms with van der Waals surface area (Å²) in [5, 5.41) is 0. The smallest absolute Gasteiger partial charge is 0.343 e. The molecule has 0 unspecified atom stereocenters. The molecule has 0 bridgehead atoms. The maximum Gasteiger partial charge on any atom is 0.343 e. The highest BCUT2D eigenvalue weighted by Crippen LogP contribution is 2.31. The fourth-order valence-electron chi connectivity index (χ4n) is 1.53. The largest absolute Gasteiger partial charge is 0.424 e. The van der Waals surface area contributed by atoms with E-state index in [0.717, 1.165) is 5.56 Å². The molecule has 0 fully saturated rings. The number of rotatable bonds is 4. The molecule has 0 N–H and O–H groups in total. The molecular weight excluding hydrogens is 486 g/mol. The molecule has 0 heterocycles. The first-order valence-corrected chi connectivity index (χ1v) is 7.40. The van der Waals surface area contributed by atoms with Gasteiger partial charge in [0.1, 0.15) is 5.75 Å². The molecule has 0 amide bonds. The Balaban J connectivity index is 2.18. The Morgan fingerprint density at radius 2 is 1.60 bits per heavy atom. The van der Waals surface area contributed by atoms with Gasteiger partial charge in [-0.05, 0) is 37.3 Å². The summed E-state index contributed by atoms with van der Waals surface area (Å²) < 4.78 is 15.5. The van der Waals surface area contributed by atoms with Gasteiger partial charge in [0.2, 0.25) is 0 Å². The third-order valence-electron chi connectivity index (χ3n) is 2.58. The Morgan fingerprint density at radius 3 is 2.20 bits per heavy atom. The van der Waals surface area contributed by atoms with Gasteiger partial charge >= 0.3 is 5.97 Å². The molecule has 0 aliphatic heterocycles. The second kappa shape index (κ2) is 7.11. The van der Waals surface area contributed by atoms with Crippen LogP contribution in [0, 0.1) is 6.92 Å². The van der Waals surface area contributed by atoms with Crippen LogP contribution in [0.1, 0.15) is 15.9 Å². The van der Waals surface area contributed by atoms with E-state index < -0.39 is 5.97 Å². The maximum atomic E-state index is 12.0. The van der Waals surface area contributed by atoms with Gasteiger partial charge in [-0.2, -0.15) is 0 Å². The SMILES string of the molecule is Cc1ccc(OC(=O)c2ccc(OI)c(OI)c2)cc1. The molecule has 6 heteroatoms. The highest BCUT2D eigenvalue weighted by molar-refractivity contribution is 14.1. The van der Waals surface area contributed by atoms with E-state index in [-0.39, 0.29) is 0 Å². The first-order chi connectivity index (χ1) is 9.63. The van der Waals surface area contributed by atoms with Gasteiger partial charge in [-0.25, -0.2) is 4.79 Å². The number of ether oxygens (including phenoxy) is 1. The summed E-state index contributed by atoms with van der Waals surface area (Å²) in [7, 11) is 0. The number of hydrogen-bond donors (Lipinski definition) is 0. The molecule has 2 rings (SSSR count). The number of carbonyl (C=O) groups is 1. The molecule has 2 aromatic carbocycles. The minimum atomic E-state index is -0.441. The average molecular weight is 496 g/mol. The lowest BCUT2D eigenvalue weighted by Crippen LogP contribution is -2.08. The van der Waals surface area contributed by atoms with Crippen LogP contribution < -0.4 is 10.9 Å². The molecule has 0 radical (unpaired) electrons. The highest BCUT2D eigenvalue weighted by atomic mass is 127. The van der Waals surface area contributed by atoms with E-state index >= 15 is 0 Å². The van der Waals surface area contributed by atoms with E-state index in [2.05, 4.69) is 0 Å². The summed E-state index contributed by atoms with van der Waals surface area (Å²) in [5.41, 5.74) is 1.50. The van der Waals surface area contributed by atoms with Crippen molar-refractivity contribution in [3.63, 3.8) is 0 Å². The molecule has 0 aromatic heterocycles. The first-order valence-electron chi connectivity index (χ1n) is 5.64. The molecule has 20 heavy (non-hydrogen) atoms. The van der Waals surface area contributed by atoms with Gasteiger partial charge in [0, 0.05) is 0 Å². The second-order valence-electron chi connectivity index (χ2n) is 4.02. The quantitative estimate of drug-likeness (QED) is 0.351. The monoisotopic (exact) mass is 496 g/mol. The summed E-state index contributed by atoms with van der Waals surface area (Å²) in [6.45, 7) is 1.97. The number of hydrogen-bond acceptors (Lipinski definition) is 4. The Kier molecular flexibility index (Phi) is 5.46. The van der Waals surface area contributed by atoms with Crippen LogP contribution in [0.2, 0.25) is 0 Å². The van der Waals surface area contributed by atoms with Crippen molar-refractivity contribution in [2.75, 3.05) is 0 Å². The summed E-state index contributed by atoms with van der Waals surface area (Å²) in [4.78, 5) is 12.0. The van der Waals surface area contributed by atoms with Gasteiger partial charge in [0.25, 0.3) is 0 Å². The Labute approximate surface area is 144 Å². The van der Waals surface area contributed by atoms with Crippen LogP contribution in [0.4, 0.5) is 0 Å². The highest BCUT2D eigenvalue weighted by Gasteiger charge is 2.13. The van der Waals surface area contributed by atoms with Gasteiger partial charge in [0.15, 0.2) is 57.5 Å². The van der Waals surface area contributed by atoms with Crippen LogP contribution in [0.3, 0.4) is 0 Å². The molecule has 4 nitrogen and oxygen atoms in total. The van der Waals surface area contributed by atoms with Crippen LogP contribution in [0.25, 0.3) is 0 Å². The maximum absolute atomic E-state index is 12.0. The lowest BCUT2D eigenvalue weighted by atomic mass is 10.2. The van der Waals surface area contributed by atoms with Crippen molar-refractivity contribution in [1.82, 2.24) is 0 Å². The van der Waals surface area contributed by atoms with Crippen molar-refractivity contribution in [2.45, 2.75) is 6.92 Å². The third kappa shape index (κ3) is 3.75. The molecule has 104 valence electrons. The Hall–Kier alpha value is -1.03. The minimum absolute atomic E-state index is 0.398. The minimum Gasteiger partial charge on any atom is -0.424 e. The van der Waals surface area contributed by atoms with Gasteiger partial charge in [-0.1, -0.05) is 17.7 Å². The number of aryl methyl sites for hydroxylation is 1. The summed E-state index contributed by atoms with van der Waals surface area (Å²) in [6.07, 6.45) is 0. The van der Waals surface area contributed by atoms with E-state index in [9.17, 15) is 4.79 Å². The molecule has 0 saturated carbocycles. The standard InChI is InChI=1S/C14H10I2O4/c1-9-2-5-11(6-3-9)18-14(17)10-4-7-12(19-15)13(8-10)20-16/h2-8H,1H3. The molecule has 0 atom stereocenters. The van der Waals surface area contributed by atoms with Gasteiger partial charge in [0.05, 0.1) is 5.56 Å². The molecular formula is C14H10I2O4. The summed E-state index contributed by atoms with van der Waals surface area (Å²) >= 11 is 3.49. The van der Waals surface area contributed by atoms with Crippen molar-refractivity contribution in [1.29, 1.82) is 0 Å². The van der Waals surface area contributed by atoms with Crippen LogP contribution in [-0.4, -0.2) is 5.97 Å². The molecule has 0 saturated heterocycles. The van der Waals surface area contributed by atoms with E-state index in [4.69, 9.17) is 10.9 Å². The number of esters is 1. The molecule has 2 aromatic rings. The predicted octanol–water partition coefficient (Wildman–Crippen LogP) is 4.67. The van der Waals surface area contributed by atoms with Crippen LogP contribution in [-0.2, 0) is 0 Å². The normalized spacial score (nSPS) is 9.95. The third-order valence-corrected chi connectivity index (χ3v) is 3.53. The molecule has 0 spiro atoms. The van der Waals surface area contributed by atoms with Crippen molar-refractivity contribution < 1.29 is 15.7 Å². The zero-order chi connectivity index (χ0) is 14.5. The Morgan fingerprint density at radius 1 is 0.950 bits per heavy atom. The zero-order valence-corrected chi connectivity index (χ0v) is 14.7. The number of carbonyl (C=O) groups excluding carboxylic acids is 1. The van der Waals surface area contributed by atoms with Gasteiger partial charge < -0.3 is 10.9 Å². The molecule has 0 aliphatic rings. The average Bonchev–Trinajstić information content (AvgIpc) is 2.48. The van der Waals surface area contributed by atoms with Gasteiger partial charge in [-0.3, -0.25) is 0 Å². The summed E-state index contributed by atoms with van der Waals surface area (Å²) in [6, 6.07) is 12.1. The lowest BCUT2D eigenvalue weighted by molar-refractivity contribution is 0.0734. The fraction of sp³-hybridized carbons (Fsp3) is 0.0714. The van der Waals surface area contributed by atoms with Crippen LogP contribution >= 0.6 is 46.0 Å². The number of halogens is 2. The predicted molar refractivity (Wildman–Crippen MR) is 91.9 cm³/mol. The van der Waals surface area contributed by atoms with Crippen molar-refractivity contribution >= 4 is 52.0 Å². The topological polar surface area (TPSA) is 44.8 Å². The van der Waals surface area contributed by atoms with Crippen LogP contribution in [0.5, 0.6) is 17.2 Å². The molecule has 0 aliphatic carbocycles. The van der Waals surface area contributed by atoms with Gasteiger partial charge in [-0.15, -0.1) is 0 Å². The van der Waals surface area contributed by atoms with Crippen molar-refractivity contribution in [3.05, 3.63) is 53.6 Å². The van der Waals surface area contributed by atoms with Crippen molar-refractivity contribution in [2.24, 2.45) is 0 Å². The van der Waals surface area contributed by atoms with E-state index in [1.165, 1.54) is 0 Å². The van der Waals surface area contributed by atoms with E-state index in [1.54, 1.807) is 76.3 Å². The number of benzene rings is 2. The Bertz CT molecular complexity index is 611.